The molecule has 0 aliphatic heterocycles. The van der Waals surface area contributed by atoms with Crippen molar-refractivity contribution in [3.63, 3.8) is 0 Å². The number of para-hydroxylation sites is 1. The van der Waals surface area contributed by atoms with E-state index in [1.807, 2.05) is 36.5 Å². The van der Waals surface area contributed by atoms with Crippen LogP contribution in [-0.2, 0) is 16.8 Å². The van der Waals surface area contributed by atoms with Gasteiger partial charge in [0.25, 0.3) is 5.91 Å². The molecule has 1 amide bonds. The summed E-state index contributed by atoms with van der Waals surface area (Å²) in [7, 11) is 0. The fraction of sp³-hybridized carbons (Fsp3) is 0.474. The zero-order chi connectivity index (χ0) is 17.2. The van der Waals surface area contributed by atoms with E-state index < -0.39 is 0 Å². The highest BCUT2D eigenvalue weighted by molar-refractivity contribution is 5.78. The SMILES string of the molecule is CC(C)(C)n1ncc2c1CCCC2NC(=O)COc1ccccc1. The second-order valence-corrected chi connectivity index (χ2v) is 7.24. The lowest BCUT2D eigenvalue weighted by molar-refractivity contribution is -0.123. The summed E-state index contributed by atoms with van der Waals surface area (Å²) in [4.78, 5) is 12.2. The van der Waals surface area contributed by atoms with E-state index in [1.165, 1.54) is 5.69 Å². The van der Waals surface area contributed by atoms with Gasteiger partial charge in [-0.3, -0.25) is 9.48 Å². The molecule has 1 aliphatic carbocycles. The molecule has 0 saturated carbocycles. The number of amides is 1. The molecule has 0 bridgehead atoms. The van der Waals surface area contributed by atoms with Crippen molar-refractivity contribution in [2.45, 2.75) is 51.6 Å². The van der Waals surface area contributed by atoms with E-state index >= 15 is 0 Å². The number of aromatic nitrogens is 2. The molecule has 24 heavy (non-hydrogen) atoms. The van der Waals surface area contributed by atoms with E-state index in [2.05, 4.69) is 35.9 Å². The standard InChI is InChI=1S/C19H25N3O2/c1-19(2,3)22-17-11-7-10-16(15(17)12-20-22)21-18(23)13-24-14-8-5-4-6-9-14/h4-6,8-9,12,16H,7,10-11,13H2,1-3H3,(H,21,23). The molecular formula is C19H25N3O2. The van der Waals surface area contributed by atoms with Crippen LogP contribution in [0, 0.1) is 0 Å². The number of hydrogen-bond acceptors (Lipinski definition) is 3. The van der Waals surface area contributed by atoms with Gasteiger partial charge in [-0.15, -0.1) is 0 Å². The van der Waals surface area contributed by atoms with Gasteiger partial charge in [0.05, 0.1) is 17.8 Å². The number of hydrogen-bond donors (Lipinski definition) is 1. The van der Waals surface area contributed by atoms with E-state index in [-0.39, 0.29) is 24.1 Å². The van der Waals surface area contributed by atoms with E-state index in [1.54, 1.807) is 0 Å². The maximum Gasteiger partial charge on any atom is 0.258 e. The first-order chi connectivity index (χ1) is 11.4. The number of nitrogens with one attached hydrogen (secondary N) is 1. The summed E-state index contributed by atoms with van der Waals surface area (Å²) in [6, 6.07) is 9.42. The molecule has 1 heterocycles. The highest BCUT2D eigenvalue weighted by Crippen LogP contribution is 2.32. The predicted molar refractivity (Wildman–Crippen MR) is 93.0 cm³/mol. The van der Waals surface area contributed by atoms with Crippen LogP contribution in [-0.4, -0.2) is 22.3 Å². The van der Waals surface area contributed by atoms with Crippen molar-refractivity contribution < 1.29 is 9.53 Å². The maximum absolute atomic E-state index is 12.2. The summed E-state index contributed by atoms with van der Waals surface area (Å²) in [5.74, 6) is 0.609. The molecule has 0 radical (unpaired) electrons. The number of carbonyl (C=O) groups excluding carboxylic acids is 1. The third kappa shape index (κ3) is 3.61. The van der Waals surface area contributed by atoms with Crippen LogP contribution in [0.2, 0.25) is 0 Å². The average molecular weight is 327 g/mol. The van der Waals surface area contributed by atoms with Crippen LogP contribution in [0.15, 0.2) is 36.5 Å². The first-order valence-electron chi connectivity index (χ1n) is 8.49. The molecular weight excluding hydrogens is 302 g/mol. The van der Waals surface area contributed by atoms with Crippen LogP contribution in [0.25, 0.3) is 0 Å². The van der Waals surface area contributed by atoms with Crippen molar-refractivity contribution in [1.29, 1.82) is 0 Å². The van der Waals surface area contributed by atoms with Crippen LogP contribution >= 0.6 is 0 Å². The van der Waals surface area contributed by atoms with Gasteiger partial charge < -0.3 is 10.1 Å². The summed E-state index contributed by atoms with van der Waals surface area (Å²) in [5, 5.41) is 7.65. The van der Waals surface area contributed by atoms with E-state index in [0.29, 0.717) is 5.75 Å². The normalized spacial score (nSPS) is 17.2. The number of ether oxygens (including phenoxy) is 1. The van der Waals surface area contributed by atoms with Crippen molar-refractivity contribution >= 4 is 5.91 Å². The lowest BCUT2D eigenvalue weighted by atomic mass is 9.92. The molecule has 1 atom stereocenters. The second-order valence-electron chi connectivity index (χ2n) is 7.24. The molecule has 5 heteroatoms. The van der Waals surface area contributed by atoms with Crippen LogP contribution in [0.4, 0.5) is 0 Å². The first-order valence-corrected chi connectivity index (χ1v) is 8.49. The molecule has 5 nitrogen and oxygen atoms in total. The van der Waals surface area contributed by atoms with Gasteiger partial charge in [0.2, 0.25) is 0 Å². The Balaban J connectivity index is 1.65. The minimum atomic E-state index is -0.0970. The first kappa shape index (κ1) is 16.6. The lowest BCUT2D eigenvalue weighted by Gasteiger charge is -2.28. The molecule has 1 unspecified atom stereocenters. The number of nitrogens with zero attached hydrogens (tertiary/aromatic N) is 2. The smallest absolute Gasteiger partial charge is 0.258 e. The Kier molecular flexibility index (Phi) is 4.60. The van der Waals surface area contributed by atoms with E-state index in [0.717, 1.165) is 24.8 Å². The van der Waals surface area contributed by atoms with Crippen molar-refractivity contribution in [2.75, 3.05) is 6.61 Å². The van der Waals surface area contributed by atoms with Crippen LogP contribution in [0.3, 0.4) is 0 Å². The average Bonchev–Trinajstić information content (AvgIpc) is 2.99. The summed E-state index contributed by atoms with van der Waals surface area (Å²) in [5.41, 5.74) is 2.34. The lowest BCUT2D eigenvalue weighted by Crippen LogP contribution is -2.35. The van der Waals surface area contributed by atoms with Gasteiger partial charge in [-0.05, 0) is 52.2 Å². The van der Waals surface area contributed by atoms with E-state index in [9.17, 15) is 4.79 Å². The third-order valence-electron chi connectivity index (χ3n) is 4.27. The van der Waals surface area contributed by atoms with Gasteiger partial charge in [-0.1, -0.05) is 18.2 Å². The Labute approximate surface area is 143 Å². The van der Waals surface area contributed by atoms with Gasteiger partial charge in [-0.2, -0.15) is 5.10 Å². The van der Waals surface area contributed by atoms with Crippen molar-refractivity contribution in [2.24, 2.45) is 0 Å². The van der Waals surface area contributed by atoms with Crippen LogP contribution < -0.4 is 10.1 Å². The van der Waals surface area contributed by atoms with Crippen molar-refractivity contribution in [3.8, 4) is 5.75 Å². The van der Waals surface area contributed by atoms with Crippen molar-refractivity contribution in [1.82, 2.24) is 15.1 Å². The van der Waals surface area contributed by atoms with Gasteiger partial charge in [-0.25, -0.2) is 0 Å². The summed E-state index contributed by atoms with van der Waals surface area (Å²) < 4.78 is 7.61. The Morgan fingerprint density at radius 3 is 2.79 bits per heavy atom. The van der Waals surface area contributed by atoms with Crippen molar-refractivity contribution in [3.05, 3.63) is 47.8 Å². The highest BCUT2D eigenvalue weighted by atomic mass is 16.5. The van der Waals surface area contributed by atoms with Gasteiger partial charge >= 0.3 is 0 Å². The predicted octanol–water partition coefficient (Wildman–Crippen LogP) is 3.21. The number of benzene rings is 1. The molecule has 3 rings (SSSR count). The van der Waals surface area contributed by atoms with E-state index in [4.69, 9.17) is 4.74 Å². The Bertz CT molecular complexity index is 701. The summed E-state index contributed by atoms with van der Waals surface area (Å²) in [6.07, 6.45) is 4.92. The molecule has 1 aliphatic rings. The molecule has 128 valence electrons. The zero-order valence-electron chi connectivity index (χ0n) is 14.6. The second kappa shape index (κ2) is 6.67. The fourth-order valence-electron chi connectivity index (χ4n) is 3.19. The molecule has 0 saturated heterocycles. The number of rotatable bonds is 4. The topological polar surface area (TPSA) is 56.2 Å². The maximum atomic E-state index is 12.2. The monoisotopic (exact) mass is 327 g/mol. The number of carbonyl (C=O) groups is 1. The highest BCUT2D eigenvalue weighted by Gasteiger charge is 2.28. The minimum Gasteiger partial charge on any atom is -0.484 e. The summed E-state index contributed by atoms with van der Waals surface area (Å²) >= 11 is 0. The number of fused-ring (bicyclic) bond motifs is 1. The molecule has 1 N–H and O–H groups in total. The molecule has 0 spiro atoms. The third-order valence-corrected chi connectivity index (χ3v) is 4.27. The molecule has 2 aromatic rings. The molecule has 0 fully saturated rings. The Morgan fingerprint density at radius 1 is 1.33 bits per heavy atom. The van der Waals surface area contributed by atoms with Crippen LogP contribution in [0.1, 0.15) is 50.9 Å². The fourth-order valence-corrected chi connectivity index (χ4v) is 3.19. The summed E-state index contributed by atoms with van der Waals surface area (Å²) in [6.45, 7) is 6.48. The molecule has 1 aromatic carbocycles. The van der Waals surface area contributed by atoms with Gasteiger partial charge in [0.1, 0.15) is 5.75 Å². The Morgan fingerprint density at radius 2 is 2.08 bits per heavy atom. The van der Waals surface area contributed by atoms with Gasteiger partial charge in [0.15, 0.2) is 6.61 Å². The zero-order valence-corrected chi connectivity index (χ0v) is 14.6. The minimum absolute atomic E-state index is 0.0247. The largest absolute Gasteiger partial charge is 0.484 e. The molecule has 1 aromatic heterocycles. The van der Waals surface area contributed by atoms with Crippen LogP contribution in [0.5, 0.6) is 5.75 Å². The quantitative estimate of drug-likeness (QED) is 0.938. The van der Waals surface area contributed by atoms with Gasteiger partial charge in [0, 0.05) is 11.3 Å². The Hall–Kier alpha value is -2.30.